The topological polar surface area (TPSA) is 71.3 Å². The van der Waals surface area contributed by atoms with E-state index >= 15 is 0 Å². The molecule has 3 aromatic heterocycles. The van der Waals surface area contributed by atoms with Gasteiger partial charge in [0.15, 0.2) is 5.01 Å². The molecular weight excluding hydrogens is 439 g/mol. The number of hydrogen-bond acceptors (Lipinski definition) is 7. The quantitative estimate of drug-likeness (QED) is 0.373. The molecule has 0 bridgehead atoms. The molecule has 3 aromatic rings. The average Bonchev–Trinajstić information content (AvgIpc) is 3.32. The van der Waals surface area contributed by atoms with E-state index in [1.54, 1.807) is 0 Å². The summed E-state index contributed by atoms with van der Waals surface area (Å²) in [6, 6.07) is 5.19. The minimum absolute atomic E-state index is 0.405. The molecule has 1 fully saturated rings. The number of nitrogens with zero attached hydrogens (tertiary/aromatic N) is 4. The van der Waals surface area contributed by atoms with Crippen LogP contribution >= 0.6 is 11.5 Å². The Morgan fingerprint density at radius 3 is 2.38 bits per heavy atom. The van der Waals surface area contributed by atoms with E-state index < -0.39 is 26.4 Å². The number of hydrogen-bond donors (Lipinski definition) is 0. The van der Waals surface area contributed by atoms with Crippen LogP contribution in [0.1, 0.15) is 33.5 Å². The zero-order valence-corrected chi connectivity index (χ0v) is 22.2. The Balaban J connectivity index is 1.69. The molecule has 10 heteroatoms. The third kappa shape index (κ3) is 4.70. The smallest absolute Gasteiger partial charge is 0.399 e. The van der Waals surface area contributed by atoms with Crippen LogP contribution in [0.15, 0.2) is 18.3 Å². The molecule has 1 saturated heterocycles. The van der Waals surface area contributed by atoms with Gasteiger partial charge < -0.3 is 18.6 Å². The lowest BCUT2D eigenvalue weighted by Crippen LogP contribution is -2.41. The SMILES string of the molecule is Cc1nsc(-c2ccc3c(B4OC(C)(C)C(C)(C)O4)cn(COCC[Si](C)(C)C)c3n2)n1. The third-order valence-corrected chi connectivity index (χ3v) is 8.77. The molecule has 0 radical (unpaired) electrons. The number of pyridine rings is 1. The zero-order valence-electron chi connectivity index (χ0n) is 20.4. The molecule has 1 aliphatic heterocycles. The first-order valence-electron chi connectivity index (χ1n) is 11.1. The highest BCUT2D eigenvalue weighted by Crippen LogP contribution is 2.37. The van der Waals surface area contributed by atoms with Crippen molar-refractivity contribution in [1.82, 2.24) is 18.9 Å². The Bertz CT molecular complexity index is 1110. The lowest BCUT2D eigenvalue weighted by molar-refractivity contribution is 0.00578. The van der Waals surface area contributed by atoms with E-state index in [1.807, 2.05) is 13.0 Å². The lowest BCUT2D eigenvalue weighted by atomic mass is 9.79. The Morgan fingerprint density at radius 2 is 1.78 bits per heavy atom. The summed E-state index contributed by atoms with van der Waals surface area (Å²) in [5.41, 5.74) is 1.81. The van der Waals surface area contributed by atoms with Gasteiger partial charge in [0.1, 0.15) is 23.9 Å². The van der Waals surface area contributed by atoms with E-state index in [-0.39, 0.29) is 0 Å². The second-order valence-electron chi connectivity index (χ2n) is 10.7. The van der Waals surface area contributed by atoms with Crippen molar-refractivity contribution < 1.29 is 14.0 Å². The normalized spacial score (nSPS) is 18.1. The maximum atomic E-state index is 6.34. The summed E-state index contributed by atoms with van der Waals surface area (Å²) in [4.78, 5) is 9.44. The van der Waals surface area contributed by atoms with Gasteiger partial charge in [-0.1, -0.05) is 19.6 Å². The number of ether oxygens (including phenoxy) is 1. The van der Waals surface area contributed by atoms with Crippen LogP contribution in [0.2, 0.25) is 25.7 Å². The first kappa shape index (κ1) is 23.6. The minimum Gasteiger partial charge on any atom is -0.399 e. The Labute approximate surface area is 195 Å². The highest BCUT2D eigenvalue weighted by Gasteiger charge is 2.52. The minimum atomic E-state index is -1.15. The lowest BCUT2D eigenvalue weighted by Gasteiger charge is -2.32. The van der Waals surface area contributed by atoms with Crippen molar-refractivity contribution in [1.29, 1.82) is 0 Å². The summed E-state index contributed by atoms with van der Waals surface area (Å²) >= 11 is 1.36. The fourth-order valence-corrected chi connectivity index (χ4v) is 4.91. The average molecular weight is 472 g/mol. The van der Waals surface area contributed by atoms with Crippen molar-refractivity contribution >= 4 is 43.2 Å². The zero-order chi connectivity index (χ0) is 23.3. The number of aromatic nitrogens is 4. The number of fused-ring (bicyclic) bond motifs is 1. The number of rotatable bonds is 7. The third-order valence-electron chi connectivity index (χ3n) is 6.23. The van der Waals surface area contributed by atoms with Crippen molar-refractivity contribution in [3.8, 4) is 10.7 Å². The van der Waals surface area contributed by atoms with Crippen LogP contribution in [-0.2, 0) is 20.8 Å². The molecule has 7 nitrogen and oxygen atoms in total. The van der Waals surface area contributed by atoms with E-state index in [0.717, 1.165) is 45.7 Å². The molecule has 4 heterocycles. The van der Waals surface area contributed by atoms with Crippen molar-refractivity contribution in [2.75, 3.05) is 6.61 Å². The molecule has 172 valence electrons. The molecule has 0 atom stereocenters. The van der Waals surface area contributed by atoms with Gasteiger partial charge in [0.05, 0.1) is 11.2 Å². The van der Waals surface area contributed by atoms with Gasteiger partial charge in [0.25, 0.3) is 0 Å². The second kappa shape index (κ2) is 8.32. The van der Waals surface area contributed by atoms with Gasteiger partial charge in [-0.3, -0.25) is 0 Å². The standard InChI is InChI=1S/C22H33BN4O3SSi/c1-15-24-20(31-26-15)18-10-9-16-17(23-29-21(2,3)22(4,5)30-23)13-27(19(16)25-18)14-28-11-12-32(6,7)8/h9-10,13H,11-12,14H2,1-8H3. The van der Waals surface area contributed by atoms with Gasteiger partial charge in [-0.25, -0.2) is 9.97 Å². The number of aryl methyl sites for hydroxylation is 1. The Kier molecular flexibility index (Phi) is 6.13. The molecule has 0 amide bonds. The summed E-state index contributed by atoms with van der Waals surface area (Å²) in [5, 5.41) is 1.82. The van der Waals surface area contributed by atoms with Crippen LogP contribution in [0, 0.1) is 6.92 Å². The molecule has 0 aliphatic carbocycles. The van der Waals surface area contributed by atoms with E-state index in [2.05, 4.69) is 73.5 Å². The summed E-state index contributed by atoms with van der Waals surface area (Å²) in [7, 11) is -1.61. The predicted octanol–water partition coefficient (Wildman–Crippen LogP) is 4.47. The van der Waals surface area contributed by atoms with Crippen LogP contribution in [0.4, 0.5) is 0 Å². The molecular formula is C22H33BN4O3SSi. The van der Waals surface area contributed by atoms with Crippen LogP contribution in [0.25, 0.3) is 21.7 Å². The molecule has 0 saturated carbocycles. The maximum Gasteiger partial charge on any atom is 0.497 e. The summed E-state index contributed by atoms with van der Waals surface area (Å²) in [5.74, 6) is 0.759. The van der Waals surface area contributed by atoms with Crippen LogP contribution in [0.5, 0.6) is 0 Å². The van der Waals surface area contributed by atoms with Crippen LogP contribution < -0.4 is 5.46 Å². The highest BCUT2D eigenvalue weighted by atomic mass is 32.1. The second-order valence-corrected chi connectivity index (χ2v) is 17.1. The van der Waals surface area contributed by atoms with Crippen LogP contribution in [0.3, 0.4) is 0 Å². The Hall–Kier alpha value is -1.59. The van der Waals surface area contributed by atoms with E-state index in [0.29, 0.717) is 6.73 Å². The molecule has 0 N–H and O–H groups in total. The van der Waals surface area contributed by atoms with Crippen molar-refractivity contribution in [2.45, 2.75) is 78.2 Å². The van der Waals surface area contributed by atoms with Crippen molar-refractivity contribution in [2.24, 2.45) is 0 Å². The molecule has 1 aliphatic rings. The molecule has 4 rings (SSSR count). The molecule has 0 spiro atoms. The van der Waals surface area contributed by atoms with Crippen molar-refractivity contribution in [3.63, 3.8) is 0 Å². The van der Waals surface area contributed by atoms with E-state index in [4.69, 9.17) is 19.0 Å². The van der Waals surface area contributed by atoms with E-state index in [1.165, 1.54) is 11.5 Å². The van der Waals surface area contributed by atoms with Gasteiger partial charge >= 0.3 is 7.12 Å². The van der Waals surface area contributed by atoms with Gasteiger partial charge in [-0.2, -0.15) is 4.37 Å². The summed E-state index contributed by atoms with van der Waals surface area (Å²) in [6.07, 6.45) is 2.06. The molecule has 0 unspecified atom stereocenters. The van der Waals surface area contributed by atoms with Gasteiger partial charge in [-0.05, 0) is 64.3 Å². The first-order chi connectivity index (χ1) is 14.9. The summed E-state index contributed by atoms with van der Waals surface area (Å²) < 4.78 is 25.1. The fraction of sp³-hybridized carbons (Fsp3) is 0.591. The molecule has 0 aromatic carbocycles. The molecule has 32 heavy (non-hydrogen) atoms. The first-order valence-corrected chi connectivity index (χ1v) is 15.6. The predicted molar refractivity (Wildman–Crippen MR) is 133 cm³/mol. The van der Waals surface area contributed by atoms with Gasteiger partial charge in [-0.15, -0.1) is 0 Å². The van der Waals surface area contributed by atoms with Crippen LogP contribution in [-0.4, -0.2) is 51.9 Å². The fourth-order valence-electron chi connectivity index (χ4n) is 3.51. The summed E-state index contributed by atoms with van der Waals surface area (Å²) in [6.45, 7) is 18.4. The largest absolute Gasteiger partial charge is 0.497 e. The highest BCUT2D eigenvalue weighted by molar-refractivity contribution is 7.09. The maximum absolute atomic E-state index is 6.34. The Morgan fingerprint density at radius 1 is 1.09 bits per heavy atom. The van der Waals surface area contributed by atoms with Gasteiger partial charge in [0, 0.05) is 31.7 Å². The van der Waals surface area contributed by atoms with Crippen molar-refractivity contribution in [3.05, 3.63) is 24.2 Å². The monoisotopic (exact) mass is 472 g/mol. The van der Waals surface area contributed by atoms with E-state index in [9.17, 15) is 0 Å². The van der Waals surface area contributed by atoms with Gasteiger partial charge in [0.2, 0.25) is 0 Å².